The van der Waals surface area contributed by atoms with Gasteiger partial charge in [0, 0.05) is 23.9 Å². The van der Waals surface area contributed by atoms with Gasteiger partial charge in [-0.2, -0.15) is 5.10 Å². The molecular formula is C21H25N5OS. The Balaban J connectivity index is 1.51. The molecule has 2 aromatic carbocycles. The second-order valence-electron chi connectivity index (χ2n) is 6.79. The molecule has 3 aromatic rings. The molecule has 0 fully saturated rings. The maximum Gasteiger partial charge on any atom is 0.251 e. The molecule has 0 radical (unpaired) electrons. The van der Waals surface area contributed by atoms with Gasteiger partial charge >= 0.3 is 0 Å². The number of aromatic amines is 1. The van der Waals surface area contributed by atoms with Gasteiger partial charge in [0.05, 0.1) is 0 Å². The Morgan fingerprint density at radius 3 is 2.50 bits per heavy atom. The van der Waals surface area contributed by atoms with E-state index >= 15 is 0 Å². The van der Waals surface area contributed by atoms with Gasteiger partial charge in [0.25, 0.3) is 5.91 Å². The molecule has 1 heterocycles. The number of amides is 1. The highest BCUT2D eigenvalue weighted by Gasteiger charge is 2.14. The van der Waals surface area contributed by atoms with Crippen LogP contribution in [0.4, 0.5) is 0 Å². The van der Waals surface area contributed by atoms with Crippen LogP contribution in [0.2, 0.25) is 0 Å². The van der Waals surface area contributed by atoms with E-state index in [2.05, 4.69) is 37.5 Å². The lowest BCUT2D eigenvalue weighted by Crippen LogP contribution is -2.41. The molecule has 0 bridgehead atoms. The first kappa shape index (κ1) is 20.1. The van der Waals surface area contributed by atoms with E-state index < -0.39 is 0 Å². The van der Waals surface area contributed by atoms with Crippen molar-refractivity contribution in [2.75, 3.05) is 20.6 Å². The molecule has 1 atom stereocenters. The molecule has 2 N–H and O–H groups in total. The molecule has 0 aliphatic carbocycles. The Kier molecular flexibility index (Phi) is 7.22. The molecule has 7 heteroatoms. The van der Waals surface area contributed by atoms with Crippen LogP contribution in [0, 0.1) is 0 Å². The Morgan fingerprint density at radius 2 is 1.86 bits per heavy atom. The Morgan fingerprint density at radius 1 is 1.11 bits per heavy atom. The molecule has 28 heavy (non-hydrogen) atoms. The summed E-state index contributed by atoms with van der Waals surface area (Å²) in [5.74, 6) is 0.728. The number of benzene rings is 2. The molecule has 6 nitrogen and oxygen atoms in total. The van der Waals surface area contributed by atoms with Crippen molar-refractivity contribution in [1.82, 2.24) is 25.4 Å². The van der Waals surface area contributed by atoms with Crippen LogP contribution in [-0.2, 0) is 12.2 Å². The number of carbonyl (C=O) groups excluding carboxylic acids is 1. The monoisotopic (exact) mass is 395 g/mol. The lowest BCUT2D eigenvalue weighted by atomic mass is 10.0. The van der Waals surface area contributed by atoms with Crippen molar-refractivity contribution in [3.05, 3.63) is 77.6 Å². The predicted octanol–water partition coefficient (Wildman–Crippen LogP) is 3.00. The molecule has 3 rings (SSSR count). The third-order valence-corrected chi connectivity index (χ3v) is 5.48. The number of carbonyl (C=O) groups is 1. The molecule has 146 valence electrons. The summed E-state index contributed by atoms with van der Waals surface area (Å²) >= 11 is 1.58. The Hall–Kier alpha value is -2.64. The summed E-state index contributed by atoms with van der Waals surface area (Å²) in [5, 5.41) is 10.5. The highest BCUT2D eigenvalue weighted by atomic mass is 32.2. The fourth-order valence-corrected chi connectivity index (χ4v) is 3.54. The van der Waals surface area contributed by atoms with E-state index in [9.17, 15) is 4.79 Å². The van der Waals surface area contributed by atoms with E-state index in [1.807, 2.05) is 56.6 Å². The molecule has 0 saturated carbocycles. The third-order valence-electron chi connectivity index (χ3n) is 4.53. The van der Waals surface area contributed by atoms with Crippen molar-refractivity contribution >= 4 is 17.7 Å². The van der Waals surface area contributed by atoms with Gasteiger partial charge in [0.1, 0.15) is 6.33 Å². The SMILES string of the molecule is CN(C)[C@H](CNC(=O)c1ccc(CSc2ncn[nH]2)cc1)Cc1ccccc1. The van der Waals surface area contributed by atoms with E-state index in [4.69, 9.17) is 0 Å². The quantitative estimate of drug-likeness (QED) is 0.545. The average Bonchev–Trinajstić information content (AvgIpc) is 3.24. The summed E-state index contributed by atoms with van der Waals surface area (Å²) in [6.45, 7) is 0.601. The van der Waals surface area contributed by atoms with Gasteiger partial charge in [-0.05, 0) is 43.8 Å². The molecular weight excluding hydrogens is 370 g/mol. The van der Waals surface area contributed by atoms with Crippen LogP contribution in [0.25, 0.3) is 0 Å². The molecule has 0 aliphatic rings. The first-order valence-corrected chi connectivity index (χ1v) is 10.2. The highest BCUT2D eigenvalue weighted by molar-refractivity contribution is 7.98. The number of hydrogen-bond donors (Lipinski definition) is 2. The minimum Gasteiger partial charge on any atom is -0.350 e. The number of hydrogen-bond acceptors (Lipinski definition) is 5. The summed E-state index contributed by atoms with van der Waals surface area (Å²) in [7, 11) is 4.08. The largest absolute Gasteiger partial charge is 0.350 e. The minimum absolute atomic E-state index is 0.0469. The normalized spacial score (nSPS) is 12.1. The molecule has 0 aliphatic heterocycles. The fourth-order valence-electron chi connectivity index (χ4n) is 2.80. The molecule has 1 aromatic heterocycles. The molecule has 0 spiro atoms. The summed E-state index contributed by atoms with van der Waals surface area (Å²) in [4.78, 5) is 18.8. The van der Waals surface area contributed by atoms with Crippen LogP contribution in [0.5, 0.6) is 0 Å². The molecule has 1 amide bonds. The van der Waals surface area contributed by atoms with Crippen LogP contribution < -0.4 is 5.32 Å². The first-order valence-electron chi connectivity index (χ1n) is 9.17. The van der Waals surface area contributed by atoms with Crippen LogP contribution >= 0.6 is 11.8 Å². The van der Waals surface area contributed by atoms with Crippen molar-refractivity contribution in [2.45, 2.75) is 23.4 Å². The lowest BCUT2D eigenvalue weighted by molar-refractivity contribution is 0.0941. The van der Waals surface area contributed by atoms with E-state index in [1.165, 1.54) is 11.9 Å². The second-order valence-corrected chi connectivity index (χ2v) is 7.76. The standard InChI is InChI=1S/C21H25N5OS/c1-26(2)19(12-16-6-4-3-5-7-16)13-22-20(27)18-10-8-17(9-11-18)14-28-21-23-15-24-25-21/h3-11,15,19H,12-14H2,1-2H3,(H,22,27)(H,23,24,25)/t19-/m0/s1. The number of nitrogens with one attached hydrogen (secondary N) is 2. The summed E-state index contributed by atoms with van der Waals surface area (Å²) in [5.41, 5.74) is 3.07. The first-order chi connectivity index (χ1) is 13.6. The predicted molar refractivity (Wildman–Crippen MR) is 112 cm³/mol. The smallest absolute Gasteiger partial charge is 0.251 e. The molecule has 0 unspecified atom stereocenters. The maximum atomic E-state index is 12.5. The number of rotatable bonds is 9. The number of nitrogens with zero attached hydrogens (tertiary/aromatic N) is 3. The van der Waals surface area contributed by atoms with Gasteiger partial charge in [0.15, 0.2) is 5.16 Å². The average molecular weight is 396 g/mol. The zero-order valence-corrected chi connectivity index (χ0v) is 16.9. The van der Waals surface area contributed by atoms with Crippen LogP contribution in [0.3, 0.4) is 0 Å². The maximum absolute atomic E-state index is 12.5. The van der Waals surface area contributed by atoms with Crippen LogP contribution in [0.15, 0.2) is 66.1 Å². The van der Waals surface area contributed by atoms with Crippen molar-refractivity contribution in [3.63, 3.8) is 0 Å². The van der Waals surface area contributed by atoms with Crippen molar-refractivity contribution in [3.8, 4) is 0 Å². The van der Waals surface area contributed by atoms with Crippen molar-refractivity contribution < 1.29 is 4.79 Å². The highest BCUT2D eigenvalue weighted by Crippen LogP contribution is 2.18. The second kappa shape index (κ2) is 10.1. The van der Waals surface area contributed by atoms with Crippen LogP contribution in [-0.4, -0.2) is 52.7 Å². The van der Waals surface area contributed by atoms with Gasteiger partial charge in [-0.3, -0.25) is 9.89 Å². The van der Waals surface area contributed by atoms with E-state index in [-0.39, 0.29) is 11.9 Å². The minimum atomic E-state index is -0.0469. The van der Waals surface area contributed by atoms with Crippen molar-refractivity contribution in [1.29, 1.82) is 0 Å². The summed E-state index contributed by atoms with van der Waals surface area (Å²) in [6.07, 6.45) is 2.39. The Bertz CT molecular complexity index is 850. The zero-order chi connectivity index (χ0) is 19.8. The van der Waals surface area contributed by atoms with Gasteiger partial charge < -0.3 is 10.2 Å². The summed E-state index contributed by atoms with van der Waals surface area (Å²) < 4.78 is 0. The van der Waals surface area contributed by atoms with Gasteiger partial charge in [0.2, 0.25) is 0 Å². The van der Waals surface area contributed by atoms with E-state index in [0.29, 0.717) is 12.1 Å². The number of likely N-dealkylation sites (N-methyl/N-ethyl adjacent to an activating group) is 1. The van der Waals surface area contributed by atoms with Gasteiger partial charge in [-0.1, -0.05) is 54.2 Å². The van der Waals surface area contributed by atoms with Gasteiger partial charge in [-0.25, -0.2) is 4.98 Å². The Labute approximate surface area is 169 Å². The number of H-pyrrole nitrogens is 1. The lowest BCUT2D eigenvalue weighted by Gasteiger charge is -2.24. The van der Waals surface area contributed by atoms with Crippen molar-refractivity contribution in [2.24, 2.45) is 0 Å². The van der Waals surface area contributed by atoms with E-state index in [1.54, 1.807) is 11.8 Å². The van der Waals surface area contributed by atoms with E-state index in [0.717, 1.165) is 22.9 Å². The number of thioether (sulfide) groups is 1. The number of aromatic nitrogens is 3. The topological polar surface area (TPSA) is 73.9 Å². The third kappa shape index (κ3) is 5.94. The van der Waals surface area contributed by atoms with Crippen LogP contribution in [0.1, 0.15) is 21.5 Å². The fraction of sp³-hybridized carbons (Fsp3) is 0.286. The summed E-state index contributed by atoms with van der Waals surface area (Å²) in [6, 6.07) is 18.3. The van der Waals surface area contributed by atoms with Gasteiger partial charge in [-0.15, -0.1) is 0 Å². The molecule has 0 saturated heterocycles. The zero-order valence-electron chi connectivity index (χ0n) is 16.1.